The van der Waals surface area contributed by atoms with Crippen molar-refractivity contribution in [2.24, 2.45) is 0 Å². The van der Waals surface area contributed by atoms with E-state index in [2.05, 4.69) is 10.6 Å². The number of likely N-dealkylation sites (N-methyl/N-ethyl adjacent to an activating group) is 1. The summed E-state index contributed by atoms with van der Waals surface area (Å²) in [5.74, 6) is -0.133. The fourth-order valence-corrected chi connectivity index (χ4v) is 2.91. The van der Waals surface area contributed by atoms with Crippen molar-refractivity contribution in [1.29, 1.82) is 0 Å². The molecule has 1 saturated carbocycles. The van der Waals surface area contributed by atoms with E-state index in [1.807, 2.05) is 14.0 Å². The van der Waals surface area contributed by atoms with Gasteiger partial charge in [0.1, 0.15) is 0 Å². The number of amides is 2. The molecule has 0 bridgehead atoms. The summed E-state index contributed by atoms with van der Waals surface area (Å²) < 4.78 is 0. The number of hydrogen-bond acceptors (Lipinski definition) is 2. The maximum absolute atomic E-state index is 12.1. The number of carbonyl (C=O) groups excluding carboxylic acids is 2. The van der Waals surface area contributed by atoms with Crippen LogP contribution in [0, 0.1) is 0 Å². The predicted molar refractivity (Wildman–Crippen MR) is 90.8 cm³/mol. The van der Waals surface area contributed by atoms with E-state index in [4.69, 9.17) is 23.2 Å². The summed E-state index contributed by atoms with van der Waals surface area (Å²) >= 11 is 12.0. The van der Waals surface area contributed by atoms with E-state index >= 15 is 0 Å². The molecule has 126 valence electrons. The lowest BCUT2D eigenvalue weighted by Crippen LogP contribution is -3.11. The van der Waals surface area contributed by atoms with Crippen LogP contribution in [0.15, 0.2) is 18.2 Å². The molecule has 7 heteroatoms. The van der Waals surface area contributed by atoms with Gasteiger partial charge in [0.2, 0.25) is 0 Å². The van der Waals surface area contributed by atoms with Gasteiger partial charge in [0.25, 0.3) is 11.8 Å². The largest absolute Gasteiger partial charge is 0.348 e. The average molecular weight is 359 g/mol. The van der Waals surface area contributed by atoms with Gasteiger partial charge in [-0.25, -0.2) is 0 Å². The normalized spacial score (nSPS) is 16.5. The molecule has 2 atom stereocenters. The van der Waals surface area contributed by atoms with Crippen LogP contribution in [0.3, 0.4) is 0 Å². The van der Waals surface area contributed by atoms with Crippen LogP contribution in [0.1, 0.15) is 31.4 Å². The minimum absolute atomic E-state index is 0.00778. The minimum Gasteiger partial charge on any atom is -0.348 e. The van der Waals surface area contributed by atoms with Crippen molar-refractivity contribution in [3.05, 3.63) is 33.8 Å². The summed E-state index contributed by atoms with van der Waals surface area (Å²) in [6.07, 6.45) is 2.12. The zero-order chi connectivity index (χ0) is 17.0. The molecule has 1 aliphatic rings. The number of carbonyl (C=O) groups is 2. The van der Waals surface area contributed by atoms with Crippen molar-refractivity contribution in [2.45, 2.75) is 31.8 Å². The molecule has 23 heavy (non-hydrogen) atoms. The molecule has 1 fully saturated rings. The highest BCUT2D eigenvalue weighted by Gasteiger charge is 2.25. The Morgan fingerprint density at radius 2 is 1.91 bits per heavy atom. The Morgan fingerprint density at radius 1 is 1.26 bits per heavy atom. The summed E-state index contributed by atoms with van der Waals surface area (Å²) in [6, 6.07) is 5.32. The molecule has 2 rings (SSSR count). The summed E-state index contributed by atoms with van der Waals surface area (Å²) in [4.78, 5) is 24.7. The number of hydrogen-bond donors (Lipinski definition) is 3. The van der Waals surface area contributed by atoms with Gasteiger partial charge >= 0.3 is 0 Å². The fraction of sp³-hybridized carbons (Fsp3) is 0.500. The lowest BCUT2D eigenvalue weighted by atomic mass is 10.1. The number of halogens is 2. The molecule has 0 aromatic heterocycles. The second kappa shape index (κ2) is 7.99. The van der Waals surface area contributed by atoms with E-state index < -0.39 is 0 Å². The van der Waals surface area contributed by atoms with Crippen LogP contribution in [0.5, 0.6) is 0 Å². The van der Waals surface area contributed by atoms with Crippen molar-refractivity contribution in [2.75, 3.05) is 20.1 Å². The maximum Gasteiger partial charge on any atom is 0.275 e. The summed E-state index contributed by atoms with van der Waals surface area (Å²) in [5.41, 5.74) is 0.813. The Kier molecular flexibility index (Phi) is 6.27. The van der Waals surface area contributed by atoms with Crippen molar-refractivity contribution in [3.8, 4) is 0 Å². The Hall–Kier alpha value is -1.30. The molecular formula is C16H22Cl2N3O2+. The summed E-state index contributed by atoms with van der Waals surface area (Å²) in [7, 11) is 1.83. The van der Waals surface area contributed by atoms with Gasteiger partial charge in [0.15, 0.2) is 13.1 Å². The first-order chi connectivity index (χ1) is 10.8. The van der Waals surface area contributed by atoms with Crippen molar-refractivity contribution in [1.82, 2.24) is 10.6 Å². The van der Waals surface area contributed by atoms with Crippen LogP contribution >= 0.6 is 23.2 Å². The highest BCUT2D eigenvalue weighted by atomic mass is 35.5. The SMILES string of the molecule is C[C@H](NC(=O)C[NH+](C)CC(=O)NC1CC1)c1ccc(Cl)cc1Cl. The zero-order valence-electron chi connectivity index (χ0n) is 13.3. The average Bonchev–Trinajstić information content (AvgIpc) is 3.21. The van der Waals surface area contributed by atoms with Crippen molar-refractivity contribution in [3.63, 3.8) is 0 Å². The monoisotopic (exact) mass is 358 g/mol. The van der Waals surface area contributed by atoms with E-state index in [1.54, 1.807) is 18.2 Å². The van der Waals surface area contributed by atoms with Gasteiger partial charge in [-0.15, -0.1) is 0 Å². The maximum atomic E-state index is 12.1. The first-order valence-electron chi connectivity index (χ1n) is 7.70. The van der Waals surface area contributed by atoms with Gasteiger partial charge in [-0.1, -0.05) is 29.3 Å². The number of benzene rings is 1. The molecule has 1 aromatic carbocycles. The van der Waals surface area contributed by atoms with E-state index in [9.17, 15) is 9.59 Å². The lowest BCUT2D eigenvalue weighted by Gasteiger charge is -2.18. The Labute approximate surface area is 146 Å². The third-order valence-corrected chi connectivity index (χ3v) is 4.24. The van der Waals surface area contributed by atoms with Gasteiger partial charge in [0.05, 0.1) is 13.1 Å². The summed E-state index contributed by atoms with van der Waals surface area (Å²) in [6.45, 7) is 2.38. The topological polar surface area (TPSA) is 62.6 Å². The molecule has 0 heterocycles. The third-order valence-electron chi connectivity index (χ3n) is 3.67. The zero-order valence-corrected chi connectivity index (χ0v) is 14.8. The summed E-state index contributed by atoms with van der Waals surface area (Å²) in [5, 5.41) is 6.89. The molecule has 5 nitrogen and oxygen atoms in total. The van der Waals surface area contributed by atoms with E-state index in [-0.39, 0.29) is 24.4 Å². The van der Waals surface area contributed by atoms with Crippen molar-refractivity contribution < 1.29 is 14.5 Å². The highest BCUT2D eigenvalue weighted by Crippen LogP contribution is 2.25. The van der Waals surface area contributed by atoms with Gasteiger partial charge in [-0.05, 0) is 37.5 Å². The Bertz CT molecular complexity index is 591. The smallest absolute Gasteiger partial charge is 0.275 e. The number of quaternary nitrogens is 1. The Balaban J connectivity index is 1.79. The van der Waals surface area contributed by atoms with Gasteiger partial charge in [0, 0.05) is 16.1 Å². The lowest BCUT2D eigenvalue weighted by molar-refractivity contribution is -0.862. The second-order valence-electron chi connectivity index (χ2n) is 6.11. The molecule has 0 radical (unpaired) electrons. The van der Waals surface area contributed by atoms with E-state index in [1.165, 1.54) is 0 Å². The molecular weight excluding hydrogens is 337 g/mol. The molecule has 0 aliphatic heterocycles. The number of nitrogens with one attached hydrogen (secondary N) is 3. The van der Waals surface area contributed by atoms with Gasteiger partial charge in [-0.3, -0.25) is 9.59 Å². The van der Waals surface area contributed by atoms with Crippen molar-refractivity contribution >= 4 is 35.0 Å². The van der Waals surface area contributed by atoms with E-state index in [0.717, 1.165) is 23.3 Å². The Morgan fingerprint density at radius 3 is 2.52 bits per heavy atom. The van der Waals surface area contributed by atoms with Crippen LogP contribution in [-0.2, 0) is 9.59 Å². The number of rotatable bonds is 7. The quantitative estimate of drug-likeness (QED) is 0.679. The highest BCUT2D eigenvalue weighted by molar-refractivity contribution is 6.35. The van der Waals surface area contributed by atoms with E-state index in [0.29, 0.717) is 22.6 Å². The molecule has 2 amide bonds. The van der Waals surface area contributed by atoms with Gasteiger partial charge in [-0.2, -0.15) is 0 Å². The molecule has 1 unspecified atom stereocenters. The van der Waals surface area contributed by atoms with Crippen LogP contribution in [0.2, 0.25) is 10.0 Å². The molecule has 0 saturated heterocycles. The fourth-order valence-electron chi connectivity index (χ4n) is 2.34. The molecule has 3 N–H and O–H groups in total. The van der Waals surface area contributed by atoms with Crippen LogP contribution in [0.4, 0.5) is 0 Å². The first-order valence-corrected chi connectivity index (χ1v) is 8.45. The molecule has 1 aromatic rings. The van der Waals surface area contributed by atoms with Crippen LogP contribution in [-0.4, -0.2) is 38.0 Å². The van der Waals surface area contributed by atoms with Gasteiger partial charge < -0.3 is 15.5 Å². The molecule has 1 aliphatic carbocycles. The minimum atomic E-state index is -0.222. The second-order valence-corrected chi connectivity index (χ2v) is 6.95. The van der Waals surface area contributed by atoms with Crippen LogP contribution in [0.25, 0.3) is 0 Å². The first kappa shape index (κ1) is 18.0. The van der Waals surface area contributed by atoms with Crippen LogP contribution < -0.4 is 15.5 Å². The standard InChI is InChI=1S/C16H21Cl2N3O2/c1-10(13-6-3-11(17)7-14(13)18)19-15(22)8-21(2)9-16(23)20-12-4-5-12/h3,6-7,10,12H,4-5,8-9H2,1-2H3,(H,19,22)(H,20,23)/p+1/t10-/m0/s1. The predicted octanol–water partition coefficient (Wildman–Crippen LogP) is 0.964. The molecule has 0 spiro atoms. The third kappa shape index (κ3) is 6.01.